The fourth-order valence-electron chi connectivity index (χ4n) is 2.63. The Morgan fingerprint density at radius 3 is 2.50 bits per heavy atom. The van der Waals surface area contributed by atoms with Gasteiger partial charge in [-0.1, -0.05) is 17.2 Å². The van der Waals surface area contributed by atoms with Gasteiger partial charge in [0, 0.05) is 25.2 Å². The molecular formula is C15H22N2O. The largest absolute Gasteiger partial charge is 0.337 e. The number of rotatable bonds is 2. The third-order valence-electron chi connectivity index (χ3n) is 3.61. The summed E-state index contributed by atoms with van der Waals surface area (Å²) in [5, 5.41) is 3.35. The molecular weight excluding hydrogens is 224 g/mol. The van der Waals surface area contributed by atoms with E-state index in [0.717, 1.165) is 42.6 Å². The van der Waals surface area contributed by atoms with Crippen molar-refractivity contribution in [3.05, 3.63) is 34.9 Å². The molecule has 18 heavy (non-hydrogen) atoms. The Morgan fingerprint density at radius 2 is 1.94 bits per heavy atom. The standard InChI is InChI=1S/C15H22N2O/c1-11-7-12(2)9-13(8-11)15(18)17(3)14-5-4-6-16-10-14/h7-9,14,16H,4-6,10H2,1-3H3. The first-order chi connectivity index (χ1) is 8.58. The lowest BCUT2D eigenvalue weighted by atomic mass is 10.0. The maximum Gasteiger partial charge on any atom is 0.253 e. The highest BCUT2D eigenvalue weighted by molar-refractivity contribution is 5.94. The molecule has 1 aromatic rings. The molecule has 3 nitrogen and oxygen atoms in total. The number of aryl methyl sites for hydroxylation is 2. The number of nitrogens with zero attached hydrogens (tertiary/aromatic N) is 1. The Morgan fingerprint density at radius 1 is 1.28 bits per heavy atom. The van der Waals surface area contributed by atoms with E-state index in [0.29, 0.717) is 6.04 Å². The van der Waals surface area contributed by atoms with Crippen LogP contribution in [0.1, 0.15) is 34.3 Å². The molecule has 1 amide bonds. The van der Waals surface area contributed by atoms with Gasteiger partial charge in [-0.15, -0.1) is 0 Å². The molecule has 0 aliphatic carbocycles. The van der Waals surface area contributed by atoms with E-state index in [9.17, 15) is 4.79 Å². The lowest BCUT2D eigenvalue weighted by Crippen LogP contribution is -2.46. The summed E-state index contributed by atoms with van der Waals surface area (Å²) >= 11 is 0. The van der Waals surface area contributed by atoms with Gasteiger partial charge in [-0.05, 0) is 45.4 Å². The minimum Gasteiger partial charge on any atom is -0.337 e. The molecule has 2 rings (SSSR count). The first-order valence-electron chi connectivity index (χ1n) is 6.64. The van der Waals surface area contributed by atoms with Gasteiger partial charge in [-0.2, -0.15) is 0 Å². The van der Waals surface area contributed by atoms with E-state index in [1.54, 1.807) is 0 Å². The van der Waals surface area contributed by atoms with Crippen molar-refractivity contribution in [1.82, 2.24) is 10.2 Å². The van der Waals surface area contributed by atoms with Crippen molar-refractivity contribution >= 4 is 5.91 Å². The molecule has 3 heteroatoms. The molecule has 1 unspecified atom stereocenters. The summed E-state index contributed by atoms with van der Waals surface area (Å²) in [5.74, 6) is 0.135. The van der Waals surface area contributed by atoms with Crippen molar-refractivity contribution in [3.63, 3.8) is 0 Å². The number of piperidine rings is 1. The Balaban J connectivity index is 2.14. The summed E-state index contributed by atoms with van der Waals surface area (Å²) in [5.41, 5.74) is 3.10. The smallest absolute Gasteiger partial charge is 0.253 e. The van der Waals surface area contributed by atoms with Gasteiger partial charge in [0.2, 0.25) is 0 Å². The highest BCUT2D eigenvalue weighted by Crippen LogP contribution is 2.15. The quantitative estimate of drug-likeness (QED) is 0.867. The Hall–Kier alpha value is -1.35. The van der Waals surface area contributed by atoms with Crippen LogP contribution in [0.4, 0.5) is 0 Å². The zero-order valence-corrected chi connectivity index (χ0v) is 11.5. The zero-order valence-electron chi connectivity index (χ0n) is 11.5. The van der Waals surface area contributed by atoms with Gasteiger partial charge in [0.15, 0.2) is 0 Å². The Kier molecular flexibility index (Phi) is 4.02. The van der Waals surface area contributed by atoms with Crippen LogP contribution in [0.3, 0.4) is 0 Å². The van der Waals surface area contributed by atoms with Gasteiger partial charge in [0.25, 0.3) is 5.91 Å². The van der Waals surface area contributed by atoms with Gasteiger partial charge in [-0.3, -0.25) is 4.79 Å². The van der Waals surface area contributed by atoms with Crippen molar-refractivity contribution in [1.29, 1.82) is 0 Å². The molecule has 1 N–H and O–H groups in total. The Labute approximate surface area is 109 Å². The minimum atomic E-state index is 0.135. The summed E-state index contributed by atoms with van der Waals surface area (Å²) in [6.45, 7) is 6.05. The fraction of sp³-hybridized carbons (Fsp3) is 0.533. The molecule has 1 aromatic carbocycles. The predicted molar refractivity (Wildman–Crippen MR) is 73.9 cm³/mol. The number of benzene rings is 1. The second-order valence-corrected chi connectivity index (χ2v) is 5.29. The zero-order chi connectivity index (χ0) is 13.1. The lowest BCUT2D eigenvalue weighted by Gasteiger charge is -2.31. The van der Waals surface area contributed by atoms with Gasteiger partial charge >= 0.3 is 0 Å². The van der Waals surface area contributed by atoms with Crippen molar-refractivity contribution in [3.8, 4) is 0 Å². The van der Waals surface area contributed by atoms with Gasteiger partial charge in [0.05, 0.1) is 0 Å². The second-order valence-electron chi connectivity index (χ2n) is 5.29. The van der Waals surface area contributed by atoms with E-state index >= 15 is 0 Å². The molecule has 0 radical (unpaired) electrons. The fourth-order valence-corrected chi connectivity index (χ4v) is 2.63. The molecule has 1 saturated heterocycles. The van der Waals surface area contributed by atoms with Crippen LogP contribution >= 0.6 is 0 Å². The topological polar surface area (TPSA) is 32.3 Å². The number of hydrogen-bond acceptors (Lipinski definition) is 2. The second kappa shape index (κ2) is 5.53. The number of hydrogen-bond donors (Lipinski definition) is 1. The number of amides is 1. The summed E-state index contributed by atoms with van der Waals surface area (Å²) in [7, 11) is 1.91. The molecule has 1 atom stereocenters. The van der Waals surface area contributed by atoms with E-state index in [4.69, 9.17) is 0 Å². The highest BCUT2D eigenvalue weighted by atomic mass is 16.2. The molecule has 1 aliphatic rings. The molecule has 0 aromatic heterocycles. The van der Waals surface area contributed by atoms with Crippen LogP contribution in [-0.2, 0) is 0 Å². The molecule has 0 saturated carbocycles. The van der Waals surface area contributed by atoms with Crippen LogP contribution in [0.2, 0.25) is 0 Å². The number of nitrogens with one attached hydrogen (secondary N) is 1. The minimum absolute atomic E-state index is 0.135. The van der Waals surface area contributed by atoms with Crippen molar-refractivity contribution in [2.75, 3.05) is 20.1 Å². The number of likely N-dealkylation sites (N-methyl/N-ethyl adjacent to an activating group) is 1. The van der Waals surface area contributed by atoms with Crippen molar-refractivity contribution in [2.24, 2.45) is 0 Å². The lowest BCUT2D eigenvalue weighted by molar-refractivity contribution is 0.0708. The summed E-state index contributed by atoms with van der Waals surface area (Å²) in [6, 6.07) is 6.37. The van der Waals surface area contributed by atoms with Crippen LogP contribution in [0.15, 0.2) is 18.2 Å². The van der Waals surface area contributed by atoms with Crippen LogP contribution in [0, 0.1) is 13.8 Å². The number of carbonyl (C=O) groups is 1. The maximum absolute atomic E-state index is 12.4. The first-order valence-corrected chi connectivity index (χ1v) is 6.64. The molecule has 1 aliphatic heterocycles. The highest BCUT2D eigenvalue weighted by Gasteiger charge is 2.22. The van der Waals surface area contributed by atoms with Gasteiger partial charge in [0.1, 0.15) is 0 Å². The molecule has 0 bridgehead atoms. The molecule has 1 heterocycles. The normalized spacial score (nSPS) is 19.6. The van der Waals surface area contributed by atoms with Crippen molar-refractivity contribution < 1.29 is 4.79 Å². The Bertz CT molecular complexity index is 416. The molecule has 1 fully saturated rings. The first kappa shape index (κ1) is 13.1. The van der Waals surface area contributed by atoms with Gasteiger partial charge in [-0.25, -0.2) is 0 Å². The summed E-state index contributed by atoms with van der Waals surface area (Å²) in [6.07, 6.45) is 2.25. The number of carbonyl (C=O) groups excluding carboxylic acids is 1. The molecule has 98 valence electrons. The van der Waals surface area contributed by atoms with E-state index in [1.807, 2.05) is 37.9 Å². The van der Waals surface area contributed by atoms with E-state index in [2.05, 4.69) is 11.4 Å². The predicted octanol–water partition coefficient (Wildman–Crippen LogP) is 2.13. The average Bonchev–Trinajstić information content (AvgIpc) is 2.37. The van der Waals surface area contributed by atoms with Crippen LogP contribution in [0.5, 0.6) is 0 Å². The molecule has 0 spiro atoms. The summed E-state index contributed by atoms with van der Waals surface area (Å²) in [4.78, 5) is 14.3. The van der Waals surface area contributed by atoms with Crippen LogP contribution < -0.4 is 5.32 Å². The third-order valence-corrected chi connectivity index (χ3v) is 3.61. The van der Waals surface area contributed by atoms with E-state index in [-0.39, 0.29) is 5.91 Å². The summed E-state index contributed by atoms with van der Waals surface area (Å²) < 4.78 is 0. The SMILES string of the molecule is Cc1cc(C)cc(C(=O)N(C)C2CCCNC2)c1. The average molecular weight is 246 g/mol. The van der Waals surface area contributed by atoms with Crippen LogP contribution in [0.25, 0.3) is 0 Å². The van der Waals surface area contributed by atoms with E-state index in [1.165, 1.54) is 0 Å². The maximum atomic E-state index is 12.4. The van der Waals surface area contributed by atoms with E-state index < -0.39 is 0 Å². The third kappa shape index (κ3) is 2.91. The van der Waals surface area contributed by atoms with Crippen LogP contribution in [-0.4, -0.2) is 37.0 Å². The van der Waals surface area contributed by atoms with Gasteiger partial charge < -0.3 is 10.2 Å². The monoisotopic (exact) mass is 246 g/mol. The van der Waals surface area contributed by atoms with Crippen molar-refractivity contribution in [2.45, 2.75) is 32.7 Å².